The van der Waals surface area contributed by atoms with Crippen LogP contribution in [0.3, 0.4) is 0 Å². The van der Waals surface area contributed by atoms with E-state index in [-0.39, 0.29) is 23.9 Å². The highest BCUT2D eigenvalue weighted by Gasteiger charge is 2.14. The van der Waals surface area contributed by atoms with Crippen molar-refractivity contribution < 1.29 is 19.1 Å². The average molecular weight is 208 g/mol. The maximum atomic E-state index is 11.5. The molecule has 0 unspecified atom stereocenters. The molecular weight excluding hydrogens is 196 g/mol. The zero-order chi connectivity index (χ0) is 11.3. The minimum atomic E-state index is -0.498. The van der Waals surface area contributed by atoms with Gasteiger partial charge in [-0.25, -0.2) is 4.79 Å². The number of esters is 1. The molecule has 4 heteroatoms. The molecule has 1 rings (SSSR count). The summed E-state index contributed by atoms with van der Waals surface area (Å²) in [6, 6.07) is 6.43. The molecule has 1 aromatic carbocycles. The summed E-state index contributed by atoms with van der Waals surface area (Å²) in [7, 11) is 0. The van der Waals surface area contributed by atoms with E-state index in [0.717, 1.165) is 0 Å². The predicted octanol–water partition coefficient (Wildman–Crippen LogP) is 1.79. The third-order valence-corrected chi connectivity index (χ3v) is 1.62. The molecule has 0 aliphatic rings. The molecule has 0 atom stereocenters. The van der Waals surface area contributed by atoms with Crippen LogP contribution < -0.4 is 4.74 Å². The minimum absolute atomic E-state index is 0.207. The molecule has 0 spiro atoms. The van der Waals surface area contributed by atoms with Crippen LogP contribution in [0.25, 0.3) is 0 Å². The van der Waals surface area contributed by atoms with Crippen molar-refractivity contribution >= 4 is 12.4 Å². The van der Waals surface area contributed by atoms with E-state index in [0.29, 0.717) is 0 Å². The maximum Gasteiger partial charge on any atom is 0.342 e. The molecule has 0 aliphatic carbocycles. The van der Waals surface area contributed by atoms with E-state index in [2.05, 4.69) is 4.74 Å². The lowest BCUT2D eigenvalue weighted by Crippen LogP contribution is -2.12. The quantitative estimate of drug-likeness (QED) is 0.559. The van der Waals surface area contributed by atoms with Crippen LogP contribution in [-0.2, 0) is 9.53 Å². The summed E-state index contributed by atoms with van der Waals surface area (Å²) in [6.45, 7) is 3.78. The van der Waals surface area contributed by atoms with Gasteiger partial charge in [-0.05, 0) is 26.0 Å². The Labute approximate surface area is 87.8 Å². The molecule has 0 amide bonds. The van der Waals surface area contributed by atoms with E-state index in [1.54, 1.807) is 32.0 Å². The van der Waals surface area contributed by atoms with E-state index in [1.807, 2.05) is 0 Å². The maximum absolute atomic E-state index is 11.5. The van der Waals surface area contributed by atoms with Crippen molar-refractivity contribution in [2.24, 2.45) is 0 Å². The molecule has 0 N–H and O–H groups in total. The van der Waals surface area contributed by atoms with Crippen molar-refractivity contribution in [2.45, 2.75) is 20.0 Å². The van der Waals surface area contributed by atoms with Crippen LogP contribution >= 0.6 is 0 Å². The van der Waals surface area contributed by atoms with E-state index >= 15 is 0 Å². The van der Waals surface area contributed by atoms with E-state index in [4.69, 9.17) is 4.74 Å². The van der Waals surface area contributed by atoms with Crippen LogP contribution in [0.2, 0.25) is 0 Å². The Bertz CT molecular complexity index is 357. The zero-order valence-electron chi connectivity index (χ0n) is 8.60. The summed E-state index contributed by atoms with van der Waals surface area (Å²) in [5, 5.41) is 0. The van der Waals surface area contributed by atoms with Crippen molar-refractivity contribution in [3.8, 4) is 5.75 Å². The van der Waals surface area contributed by atoms with E-state index in [1.165, 1.54) is 6.07 Å². The number of rotatable bonds is 4. The summed E-state index contributed by atoms with van der Waals surface area (Å²) in [6.07, 6.45) is -0.207. The first-order valence-electron chi connectivity index (χ1n) is 4.55. The van der Waals surface area contributed by atoms with Crippen LogP contribution in [-0.4, -0.2) is 18.5 Å². The summed E-state index contributed by atoms with van der Waals surface area (Å²) >= 11 is 0. The second-order valence-corrected chi connectivity index (χ2v) is 3.16. The average Bonchev–Trinajstić information content (AvgIpc) is 2.18. The van der Waals surface area contributed by atoms with Crippen molar-refractivity contribution in [1.29, 1.82) is 0 Å². The number of benzene rings is 1. The fourth-order valence-corrected chi connectivity index (χ4v) is 1.07. The summed E-state index contributed by atoms with van der Waals surface area (Å²) in [5.41, 5.74) is 0.248. The van der Waals surface area contributed by atoms with Crippen LogP contribution in [0.1, 0.15) is 24.2 Å². The Morgan fingerprint density at radius 3 is 2.60 bits per heavy atom. The summed E-state index contributed by atoms with van der Waals surface area (Å²) < 4.78 is 9.65. The first-order chi connectivity index (χ1) is 7.15. The molecule has 1 aromatic rings. The molecule has 0 fully saturated rings. The largest absolute Gasteiger partial charge is 0.459 e. The molecule has 0 saturated carbocycles. The van der Waals surface area contributed by atoms with Crippen molar-refractivity contribution in [3.05, 3.63) is 29.8 Å². The molecule has 0 heterocycles. The summed E-state index contributed by atoms with van der Waals surface area (Å²) in [4.78, 5) is 21.7. The Morgan fingerprint density at radius 1 is 1.33 bits per heavy atom. The topological polar surface area (TPSA) is 52.6 Å². The highest BCUT2D eigenvalue weighted by molar-refractivity contribution is 5.92. The smallest absolute Gasteiger partial charge is 0.342 e. The first kappa shape index (κ1) is 11.2. The molecular formula is C11H12O4. The van der Waals surface area contributed by atoms with Crippen LogP contribution in [0, 0.1) is 0 Å². The minimum Gasteiger partial charge on any atom is -0.459 e. The molecule has 0 saturated heterocycles. The second kappa shape index (κ2) is 5.14. The highest BCUT2D eigenvalue weighted by Crippen LogP contribution is 2.18. The van der Waals surface area contributed by atoms with Crippen molar-refractivity contribution in [3.63, 3.8) is 0 Å². The molecule has 15 heavy (non-hydrogen) atoms. The number of hydrogen-bond donors (Lipinski definition) is 0. The van der Waals surface area contributed by atoms with Gasteiger partial charge in [0.05, 0.1) is 6.10 Å². The number of ether oxygens (including phenoxy) is 2. The van der Waals surface area contributed by atoms with Gasteiger partial charge < -0.3 is 9.47 Å². The highest BCUT2D eigenvalue weighted by atomic mass is 16.5. The molecule has 0 radical (unpaired) electrons. The van der Waals surface area contributed by atoms with Gasteiger partial charge in [0, 0.05) is 0 Å². The number of carbonyl (C=O) groups is 2. The monoisotopic (exact) mass is 208 g/mol. The summed E-state index contributed by atoms with van der Waals surface area (Å²) in [5.74, 6) is -0.291. The third kappa shape index (κ3) is 3.09. The lowest BCUT2D eigenvalue weighted by Gasteiger charge is -2.09. The first-order valence-corrected chi connectivity index (χ1v) is 4.55. The standard InChI is InChI=1S/C11H12O4/c1-8(2)15-11(13)9-5-3-4-6-10(9)14-7-12/h3-8H,1-2H3. The van der Waals surface area contributed by atoms with Gasteiger partial charge in [-0.1, -0.05) is 12.1 Å². The number of para-hydroxylation sites is 1. The fourth-order valence-electron chi connectivity index (χ4n) is 1.07. The lowest BCUT2D eigenvalue weighted by atomic mass is 10.2. The van der Waals surface area contributed by atoms with Crippen molar-refractivity contribution in [2.75, 3.05) is 0 Å². The zero-order valence-corrected chi connectivity index (χ0v) is 8.60. The van der Waals surface area contributed by atoms with Gasteiger partial charge in [-0.2, -0.15) is 0 Å². The third-order valence-electron chi connectivity index (χ3n) is 1.62. The normalized spacial score (nSPS) is 9.80. The Morgan fingerprint density at radius 2 is 2.00 bits per heavy atom. The van der Waals surface area contributed by atoms with Gasteiger partial charge in [0.2, 0.25) is 0 Å². The Balaban J connectivity index is 2.91. The van der Waals surface area contributed by atoms with Crippen molar-refractivity contribution in [1.82, 2.24) is 0 Å². The van der Waals surface area contributed by atoms with Gasteiger partial charge in [0.25, 0.3) is 6.47 Å². The number of carbonyl (C=O) groups excluding carboxylic acids is 2. The van der Waals surface area contributed by atoms with Gasteiger partial charge in [-0.15, -0.1) is 0 Å². The predicted molar refractivity (Wildman–Crippen MR) is 53.7 cm³/mol. The molecule has 4 nitrogen and oxygen atoms in total. The Hall–Kier alpha value is -1.84. The molecule has 0 aromatic heterocycles. The second-order valence-electron chi connectivity index (χ2n) is 3.16. The number of hydrogen-bond acceptors (Lipinski definition) is 4. The Kier molecular flexibility index (Phi) is 3.85. The van der Waals surface area contributed by atoms with E-state index < -0.39 is 5.97 Å². The fraction of sp³-hybridized carbons (Fsp3) is 0.273. The molecule has 0 bridgehead atoms. The van der Waals surface area contributed by atoms with Crippen LogP contribution in [0.5, 0.6) is 5.75 Å². The van der Waals surface area contributed by atoms with Crippen LogP contribution in [0.15, 0.2) is 24.3 Å². The SMILES string of the molecule is CC(C)OC(=O)c1ccccc1OC=O. The van der Waals surface area contributed by atoms with Gasteiger partial charge in [0.15, 0.2) is 0 Å². The van der Waals surface area contributed by atoms with Gasteiger partial charge in [0.1, 0.15) is 11.3 Å². The van der Waals surface area contributed by atoms with Gasteiger partial charge >= 0.3 is 5.97 Å². The molecule has 0 aliphatic heterocycles. The van der Waals surface area contributed by atoms with Crippen LogP contribution in [0.4, 0.5) is 0 Å². The lowest BCUT2D eigenvalue weighted by molar-refractivity contribution is -0.120. The van der Waals surface area contributed by atoms with Gasteiger partial charge in [-0.3, -0.25) is 4.79 Å². The van der Waals surface area contributed by atoms with E-state index in [9.17, 15) is 9.59 Å². The molecule has 80 valence electrons.